The normalized spacial score (nSPS) is 13.6. The van der Waals surface area contributed by atoms with Gasteiger partial charge in [0.1, 0.15) is 11.7 Å². The highest BCUT2D eigenvalue weighted by atomic mass is 28.3. The first-order valence-corrected chi connectivity index (χ1v) is 8.07. The Kier molecular flexibility index (Phi) is 4.33. The second kappa shape index (κ2) is 4.55. The molecule has 0 spiro atoms. The van der Waals surface area contributed by atoms with Crippen LogP contribution in [0.25, 0.3) is 0 Å². The molecule has 0 amide bonds. The lowest BCUT2D eigenvalue weighted by atomic mass is 10.1. The van der Waals surface area contributed by atoms with Crippen molar-refractivity contribution in [3.63, 3.8) is 0 Å². The maximum Gasteiger partial charge on any atom is 0.315 e. The number of Topliss-reactive ketones (excluding diaryl/α,β-unsaturated/α-hetero) is 1. The summed E-state index contributed by atoms with van der Waals surface area (Å²) in [5.74, 6) is -1.03. The molecule has 0 rings (SSSR count). The highest BCUT2D eigenvalue weighted by Gasteiger charge is 2.30. The highest BCUT2D eigenvalue weighted by Crippen LogP contribution is 2.18. The molecule has 0 aromatic heterocycles. The first-order chi connectivity index (χ1) is 5.78. The van der Waals surface area contributed by atoms with Gasteiger partial charge >= 0.3 is 5.97 Å². The van der Waals surface area contributed by atoms with Gasteiger partial charge in [-0.05, 0) is 13.0 Å². The van der Waals surface area contributed by atoms with E-state index in [9.17, 15) is 9.59 Å². The molecular formula is C9H18O3Si. The lowest BCUT2D eigenvalue weighted by molar-refractivity contribution is -0.148. The molecule has 0 aliphatic heterocycles. The minimum Gasteiger partial charge on any atom is -0.468 e. The van der Waals surface area contributed by atoms with Gasteiger partial charge < -0.3 is 4.74 Å². The summed E-state index contributed by atoms with van der Waals surface area (Å²) < 4.78 is 4.58. The molecule has 76 valence electrons. The Balaban J connectivity index is 4.45. The highest BCUT2D eigenvalue weighted by molar-refractivity contribution is 6.76. The molecule has 0 fully saturated rings. The summed E-state index contributed by atoms with van der Waals surface area (Å²) in [4.78, 5) is 22.4. The van der Waals surface area contributed by atoms with Crippen LogP contribution in [0.4, 0.5) is 0 Å². The van der Waals surface area contributed by atoms with Crippen molar-refractivity contribution < 1.29 is 14.3 Å². The molecule has 1 atom stereocenters. The Morgan fingerprint density at radius 2 is 1.77 bits per heavy atom. The molecule has 0 aliphatic carbocycles. The fraction of sp³-hybridized carbons (Fsp3) is 0.778. The van der Waals surface area contributed by atoms with Gasteiger partial charge in [0.15, 0.2) is 0 Å². The summed E-state index contributed by atoms with van der Waals surface area (Å²) in [5, 5.41) is 0. The molecule has 4 heteroatoms. The van der Waals surface area contributed by atoms with Crippen LogP contribution < -0.4 is 0 Å². The molecule has 0 N–H and O–H groups in total. The van der Waals surface area contributed by atoms with Gasteiger partial charge in [0, 0.05) is 8.07 Å². The van der Waals surface area contributed by atoms with E-state index in [-0.39, 0.29) is 5.78 Å². The van der Waals surface area contributed by atoms with E-state index in [2.05, 4.69) is 24.4 Å². The average Bonchev–Trinajstić information content (AvgIpc) is 1.96. The zero-order valence-electron chi connectivity index (χ0n) is 9.01. The van der Waals surface area contributed by atoms with Crippen LogP contribution in [0.5, 0.6) is 0 Å². The van der Waals surface area contributed by atoms with Crippen molar-refractivity contribution in [2.75, 3.05) is 7.11 Å². The van der Waals surface area contributed by atoms with Crippen molar-refractivity contribution in [3.8, 4) is 0 Å². The molecule has 0 aromatic rings. The standard InChI is InChI=1S/C9H18O3Si/c1-7(10)8(9(11)12-2)6-13(3,4)5/h8H,6H2,1-5H3. The monoisotopic (exact) mass is 202 g/mol. The van der Waals surface area contributed by atoms with E-state index in [1.807, 2.05) is 0 Å². The van der Waals surface area contributed by atoms with Crippen LogP contribution in [-0.2, 0) is 14.3 Å². The Bertz CT molecular complexity index is 205. The number of hydrogen-bond acceptors (Lipinski definition) is 3. The SMILES string of the molecule is COC(=O)C(C[Si](C)(C)C)C(C)=O. The summed E-state index contributed by atoms with van der Waals surface area (Å²) in [6.45, 7) is 7.84. The molecule has 0 aliphatic rings. The topological polar surface area (TPSA) is 43.4 Å². The molecular weight excluding hydrogens is 184 g/mol. The molecule has 0 saturated carbocycles. The number of ketones is 1. The molecule has 3 nitrogen and oxygen atoms in total. The van der Waals surface area contributed by atoms with Crippen molar-refractivity contribution >= 4 is 19.8 Å². The number of carbonyl (C=O) groups excluding carboxylic acids is 2. The van der Waals surface area contributed by atoms with Crippen LogP contribution in [0, 0.1) is 5.92 Å². The molecule has 0 bridgehead atoms. The number of esters is 1. The van der Waals surface area contributed by atoms with E-state index < -0.39 is 20.0 Å². The predicted molar refractivity (Wildman–Crippen MR) is 54.3 cm³/mol. The number of methoxy groups -OCH3 is 1. The molecule has 0 radical (unpaired) electrons. The van der Waals surface area contributed by atoms with Gasteiger partial charge in [-0.1, -0.05) is 19.6 Å². The van der Waals surface area contributed by atoms with Gasteiger partial charge in [-0.2, -0.15) is 0 Å². The number of ether oxygens (including phenoxy) is 1. The van der Waals surface area contributed by atoms with E-state index in [4.69, 9.17) is 0 Å². The van der Waals surface area contributed by atoms with Crippen LogP contribution in [-0.4, -0.2) is 26.9 Å². The summed E-state index contributed by atoms with van der Waals surface area (Å²) in [7, 11) is -0.0619. The average molecular weight is 202 g/mol. The van der Waals surface area contributed by atoms with Crippen molar-refractivity contribution in [2.24, 2.45) is 5.92 Å². The van der Waals surface area contributed by atoms with Gasteiger partial charge in [-0.15, -0.1) is 0 Å². The summed E-state index contributed by atoms with van der Waals surface area (Å²) in [6, 6.07) is 0.676. The quantitative estimate of drug-likeness (QED) is 0.396. The van der Waals surface area contributed by atoms with E-state index in [1.165, 1.54) is 14.0 Å². The van der Waals surface area contributed by atoms with E-state index in [0.717, 1.165) is 0 Å². The van der Waals surface area contributed by atoms with Gasteiger partial charge in [0.2, 0.25) is 0 Å². The summed E-state index contributed by atoms with van der Waals surface area (Å²) >= 11 is 0. The van der Waals surface area contributed by atoms with Crippen molar-refractivity contribution in [1.29, 1.82) is 0 Å². The number of carbonyl (C=O) groups is 2. The smallest absolute Gasteiger partial charge is 0.315 e. The summed E-state index contributed by atoms with van der Waals surface area (Å²) in [5.41, 5.74) is 0. The fourth-order valence-electron chi connectivity index (χ4n) is 1.15. The molecule has 0 saturated heterocycles. The van der Waals surface area contributed by atoms with Crippen LogP contribution in [0.3, 0.4) is 0 Å². The minimum atomic E-state index is -1.38. The maximum atomic E-state index is 11.2. The van der Waals surface area contributed by atoms with Crippen LogP contribution in [0.15, 0.2) is 0 Å². The van der Waals surface area contributed by atoms with Gasteiger partial charge in [-0.3, -0.25) is 9.59 Å². The van der Waals surface area contributed by atoms with Crippen LogP contribution in [0.1, 0.15) is 6.92 Å². The minimum absolute atomic E-state index is 0.0886. The van der Waals surface area contributed by atoms with Gasteiger partial charge in [0.25, 0.3) is 0 Å². The van der Waals surface area contributed by atoms with Crippen LogP contribution in [0.2, 0.25) is 25.7 Å². The van der Waals surface area contributed by atoms with Crippen LogP contribution >= 0.6 is 0 Å². The van der Waals surface area contributed by atoms with E-state index in [0.29, 0.717) is 6.04 Å². The third-order valence-electron chi connectivity index (χ3n) is 1.79. The van der Waals surface area contributed by atoms with Gasteiger partial charge in [-0.25, -0.2) is 0 Å². The largest absolute Gasteiger partial charge is 0.468 e. The lowest BCUT2D eigenvalue weighted by Gasteiger charge is -2.20. The molecule has 0 heterocycles. The lowest BCUT2D eigenvalue weighted by Crippen LogP contribution is -2.32. The van der Waals surface area contributed by atoms with E-state index >= 15 is 0 Å². The van der Waals surface area contributed by atoms with Crippen molar-refractivity contribution in [2.45, 2.75) is 32.6 Å². The van der Waals surface area contributed by atoms with E-state index in [1.54, 1.807) is 0 Å². The molecule has 13 heavy (non-hydrogen) atoms. The molecule has 1 unspecified atom stereocenters. The summed E-state index contributed by atoms with van der Waals surface area (Å²) in [6.07, 6.45) is 0. The third kappa shape index (κ3) is 4.82. The van der Waals surface area contributed by atoms with Crippen molar-refractivity contribution in [3.05, 3.63) is 0 Å². The maximum absolute atomic E-state index is 11.2. The van der Waals surface area contributed by atoms with Gasteiger partial charge in [0.05, 0.1) is 7.11 Å². The van der Waals surface area contributed by atoms with Crippen molar-refractivity contribution in [1.82, 2.24) is 0 Å². The second-order valence-electron chi connectivity index (χ2n) is 4.45. The Morgan fingerprint density at radius 1 is 1.31 bits per heavy atom. The molecule has 0 aromatic carbocycles. The second-order valence-corrected chi connectivity index (χ2v) is 9.98. The first-order valence-electron chi connectivity index (χ1n) is 4.36. The predicted octanol–water partition coefficient (Wildman–Crippen LogP) is 1.70. The fourth-order valence-corrected chi connectivity index (χ4v) is 2.83. The first kappa shape index (κ1) is 12.4. The number of rotatable bonds is 4. The zero-order valence-corrected chi connectivity index (χ0v) is 10.0. The zero-order chi connectivity index (χ0) is 10.6. The number of hydrogen-bond donors (Lipinski definition) is 0. The Hall–Kier alpha value is -0.643. The third-order valence-corrected chi connectivity index (χ3v) is 3.43. The Labute approximate surface area is 80.5 Å². The Morgan fingerprint density at radius 3 is 2.00 bits per heavy atom.